The Balaban J connectivity index is 1.19. The minimum atomic E-state index is -0.292. The van der Waals surface area contributed by atoms with Gasteiger partial charge in [0.05, 0.1) is 0 Å². The standard InChI is InChI=1S/C22H24FN3O4/c23-17-3-1-16(2-4-17)13-24-21(27)11-15-7-9-26(10-8-15)22(28)25-18-5-6-19-20(12-18)30-14-29-19/h1-6,12,15H,7-11,13-14H2,(H,24,27)(H,25,28). The van der Waals surface area contributed by atoms with Crippen LogP contribution in [0.3, 0.4) is 0 Å². The van der Waals surface area contributed by atoms with Crippen LogP contribution >= 0.6 is 0 Å². The fourth-order valence-corrected chi connectivity index (χ4v) is 3.65. The van der Waals surface area contributed by atoms with Crippen LogP contribution in [0.4, 0.5) is 14.9 Å². The monoisotopic (exact) mass is 413 g/mol. The van der Waals surface area contributed by atoms with Gasteiger partial charge in [-0.25, -0.2) is 9.18 Å². The Morgan fingerprint density at radius 2 is 1.77 bits per heavy atom. The number of piperidine rings is 1. The number of benzene rings is 2. The third-order valence-electron chi connectivity index (χ3n) is 5.40. The Labute approximate surface area is 174 Å². The highest BCUT2D eigenvalue weighted by atomic mass is 19.1. The molecule has 2 aromatic rings. The van der Waals surface area contributed by atoms with Gasteiger partial charge in [-0.1, -0.05) is 12.1 Å². The van der Waals surface area contributed by atoms with Crippen molar-refractivity contribution in [1.29, 1.82) is 0 Å². The molecule has 2 aliphatic rings. The van der Waals surface area contributed by atoms with Gasteiger partial charge < -0.3 is 25.0 Å². The molecule has 2 aliphatic heterocycles. The molecule has 1 saturated heterocycles. The fraction of sp³-hybridized carbons (Fsp3) is 0.364. The summed E-state index contributed by atoms with van der Waals surface area (Å²) in [6.45, 7) is 1.78. The molecular weight excluding hydrogens is 389 g/mol. The zero-order valence-electron chi connectivity index (χ0n) is 16.5. The molecular formula is C22H24FN3O4. The Bertz CT molecular complexity index is 911. The van der Waals surface area contributed by atoms with Crippen molar-refractivity contribution in [3.63, 3.8) is 0 Å². The van der Waals surface area contributed by atoms with Gasteiger partial charge in [0.2, 0.25) is 12.7 Å². The van der Waals surface area contributed by atoms with E-state index < -0.39 is 0 Å². The molecule has 0 aliphatic carbocycles. The second kappa shape index (κ2) is 9.02. The van der Waals surface area contributed by atoms with Crippen LogP contribution in [0.15, 0.2) is 42.5 Å². The lowest BCUT2D eigenvalue weighted by Crippen LogP contribution is -2.41. The maximum atomic E-state index is 12.9. The molecule has 0 atom stereocenters. The van der Waals surface area contributed by atoms with Crippen molar-refractivity contribution in [2.75, 3.05) is 25.2 Å². The molecule has 8 heteroatoms. The van der Waals surface area contributed by atoms with Crippen LogP contribution in [0, 0.1) is 11.7 Å². The number of nitrogens with zero attached hydrogens (tertiary/aromatic N) is 1. The van der Waals surface area contributed by atoms with Crippen LogP contribution in [0.2, 0.25) is 0 Å². The molecule has 2 heterocycles. The van der Waals surface area contributed by atoms with Crippen molar-refractivity contribution in [2.45, 2.75) is 25.8 Å². The van der Waals surface area contributed by atoms with Crippen molar-refractivity contribution in [3.05, 3.63) is 53.8 Å². The number of amides is 3. The van der Waals surface area contributed by atoms with E-state index in [1.807, 2.05) is 0 Å². The molecule has 0 saturated carbocycles. The number of urea groups is 1. The average molecular weight is 413 g/mol. The van der Waals surface area contributed by atoms with Crippen LogP contribution in [0.5, 0.6) is 11.5 Å². The molecule has 1 fully saturated rings. The maximum Gasteiger partial charge on any atom is 0.321 e. The van der Waals surface area contributed by atoms with Gasteiger partial charge in [0.1, 0.15) is 5.82 Å². The van der Waals surface area contributed by atoms with E-state index in [9.17, 15) is 14.0 Å². The number of carbonyl (C=O) groups excluding carboxylic acids is 2. The predicted molar refractivity (Wildman–Crippen MR) is 109 cm³/mol. The lowest BCUT2D eigenvalue weighted by Gasteiger charge is -2.31. The number of rotatable bonds is 5. The number of ether oxygens (including phenoxy) is 2. The van der Waals surface area contributed by atoms with Gasteiger partial charge in [0, 0.05) is 37.8 Å². The first-order chi connectivity index (χ1) is 14.6. The van der Waals surface area contributed by atoms with E-state index in [0.717, 1.165) is 18.4 Å². The van der Waals surface area contributed by atoms with Crippen molar-refractivity contribution >= 4 is 17.6 Å². The van der Waals surface area contributed by atoms with Crippen LogP contribution in [-0.2, 0) is 11.3 Å². The first-order valence-corrected chi connectivity index (χ1v) is 10.0. The van der Waals surface area contributed by atoms with Gasteiger partial charge in [-0.05, 0) is 48.6 Å². The minimum absolute atomic E-state index is 0.0254. The summed E-state index contributed by atoms with van der Waals surface area (Å²) < 4.78 is 23.5. The molecule has 0 unspecified atom stereocenters. The molecule has 0 aromatic heterocycles. The predicted octanol–water partition coefficient (Wildman–Crippen LogP) is 3.50. The normalized spacial score (nSPS) is 15.7. The Morgan fingerprint density at radius 1 is 1.03 bits per heavy atom. The molecule has 0 bridgehead atoms. The number of halogens is 1. The van der Waals surface area contributed by atoms with E-state index in [1.165, 1.54) is 12.1 Å². The van der Waals surface area contributed by atoms with E-state index in [2.05, 4.69) is 10.6 Å². The number of nitrogens with one attached hydrogen (secondary N) is 2. The van der Waals surface area contributed by atoms with Crippen LogP contribution in [0.1, 0.15) is 24.8 Å². The van der Waals surface area contributed by atoms with Gasteiger partial charge in [-0.2, -0.15) is 0 Å². The summed E-state index contributed by atoms with van der Waals surface area (Å²) in [4.78, 5) is 26.5. The van der Waals surface area contributed by atoms with Crippen LogP contribution < -0.4 is 20.1 Å². The number of hydrogen-bond donors (Lipinski definition) is 2. The molecule has 158 valence electrons. The number of likely N-dealkylation sites (tertiary alicyclic amines) is 1. The fourth-order valence-electron chi connectivity index (χ4n) is 3.65. The molecule has 3 amide bonds. The van der Waals surface area contributed by atoms with Gasteiger partial charge in [0.25, 0.3) is 0 Å². The molecule has 7 nitrogen and oxygen atoms in total. The molecule has 2 N–H and O–H groups in total. The van der Waals surface area contributed by atoms with E-state index in [0.29, 0.717) is 43.2 Å². The number of anilines is 1. The second-order valence-corrected chi connectivity index (χ2v) is 7.54. The minimum Gasteiger partial charge on any atom is -0.454 e. The SMILES string of the molecule is O=C(CC1CCN(C(=O)Nc2ccc3c(c2)OCO3)CC1)NCc1ccc(F)cc1. The van der Waals surface area contributed by atoms with Crippen molar-refractivity contribution in [3.8, 4) is 11.5 Å². The molecule has 2 aromatic carbocycles. The van der Waals surface area contributed by atoms with Gasteiger partial charge >= 0.3 is 6.03 Å². The van der Waals surface area contributed by atoms with Crippen molar-refractivity contribution in [1.82, 2.24) is 10.2 Å². The third-order valence-corrected chi connectivity index (χ3v) is 5.40. The summed E-state index contributed by atoms with van der Waals surface area (Å²) in [7, 11) is 0. The first-order valence-electron chi connectivity index (χ1n) is 10.0. The van der Waals surface area contributed by atoms with Crippen molar-refractivity contribution < 1.29 is 23.5 Å². The first kappa shape index (κ1) is 20.0. The summed E-state index contributed by atoms with van der Waals surface area (Å²) in [5.74, 6) is 1.22. The van der Waals surface area contributed by atoms with Crippen LogP contribution in [0.25, 0.3) is 0 Å². The average Bonchev–Trinajstić information content (AvgIpc) is 3.22. The van der Waals surface area contributed by atoms with E-state index in [-0.39, 0.29) is 30.5 Å². The smallest absolute Gasteiger partial charge is 0.321 e. The Morgan fingerprint density at radius 3 is 2.53 bits per heavy atom. The zero-order chi connectivity index (χ0) is 20.9. The third kappa shape index (κ3) is 5.00. The highest BCUT2D eigenvalue weighted by Crippen LogP contribution is 2.34. The second-order valence-electron chi connectivity index (χ2n) is 7.54. The summed E-state index contributed by atoms with van der Waals surface area (Å²) >= 11 is 0. The quantitative estimate of drug-likeness (QED) is 0.786. The topological polar surface area (TPSA) is 79.9 Å². The number of fused-ring (bicyclic) bond motifs is 1. The van der Waals surface area contributed by atoms with Gasteiger partial charge in [-0.15, -0.1) is 0 Å². The molecule has 30 heavy (non-hydrogen) atoms. The lowest BCUT2D eigenvalue weighted by atomic mass is 9.93. The Kier molecular flexibility index (Phi) is 6.02. The van der Waals surface area contributed by atoms with Crippen LogP contribution in [-0.4, -0.2) is 36.7 Å². The van der Waals surface area contributed by atoms with E-state index in [4.69, 9.17) is 9.47 Å². The highest BCUT2D eigenvalue weighted by Gasteiger charge is 2.25. The largest absolute Gasteiger partial charge is 0.454 e. The number of hydrogen-bond acceptors (Lipinski definition) is 4. The van der Waals surface area contributed by atoms with E-state index >= 15 is 0 Å². The summed E-state index contributed by atoms with van der Waals surface area (Å²) in [5.41, 5.74) is 1.52. The number of carbonyl (C=O) groups is 2. The summed E-state index contributed by atoms with van der Waals surface area (Å²) in [6, 6.07) is 11.2. The van der Waals surface area contributed by atoms with E-state index in [1.54, 1.807) is 35.2 Å². The summed E-state index contributed by atoms with van der Waals surface area (Å²) in [6.07, 6.45) is 1.98. The Hall–Kier alpha value is -3.29. The van der Waals surface area contributed by atoms with Crippen molar-refractivity contribution in [2.24, 2.45) is 5.92 Å². The summed E-state index contributed by atoms with van der Waals surface area (Å²) in [5, 5.41) is 5.76. The maximum absolute atomic E-state index is 12.9. The lowest BCUT2D eigenvalue weighted by molar-refractivity contribution is -0.122. The van der Waals surface area contributed by atoms with Gasteiger partial charge in [-0.3, -0.25) is 4.79 Å². The zero-order valence-corrected chi connectivity index (χ0v) is 16.5. The molecule has 0 spiro atoms. The highest BCUT2D eigenvalue weighted by molar-refractivity contribution is 5.89. The molecule has 0 radical (unpaired) electrons. The molecule has 4 rings (SSSR count). The van der Waals surface area contributed by atoms with Gasteiger partial charge in [0.15, 0.2) is 11.5 Å².